The standard InChI is InChI=1S/C21H32N4O2/c1-16(2)25-20-6-4-3-5-19(20)22-21(25)14-24-12-17(18(13-24)15-26)11-23-7-9-27-10-8-23/h3-6,16-18,26H,7-15H2,1-2H3. The van der Waals surface area contributed by atoms with Gasteiger partial charge in [-0.25, -0.2) is 4.98 Å². The summed E-state index contributed by atoms with van der Waals surface area (Å²) in [5, 5.41) is 9.92. The Hall–Kier alpha value is -1.47. The molecule has 0 bridgehead atoms. The third-order valence-corrected chi connectivity index (χ3v) is 6.03. The molecule has 27 heavy (non-hydrogen) atoms. The number of aliphatic hydroxyl groups is 1. The van der Waals surface area contributed by atoms with Gasteiger partial charge in [0, 0.05) is 45.4 Å². The smallest absolute Gasteiger partial charge is 0.124 e. The molecular formula is C21H32N4O2. The number of hydrogen-bond donors (Lipinski definition) is 1. The van der Waals surface area contributed by atoms with Crippen LogP contribution >= 0.6 is 0 Å². The maximum absolute atomic E-state index is 9.92. The van der Waals surface area contributed by atoms with E-state index in [-0.39, 0.29) is 6.61 Å². The Kier molecular flexibility index (Phi) is 5.78. The van der Waals surface area contributed by atoms with Crippen LogP contribution in [-0.2, 0) is 11.3 Å². The number of nitrogens with zero attached hydrogens (tertiary/aromatic N) is 4. The number of ether oxygens (including phenoxy) is 1. The molecule has 2 saturated heterocycles. The number of imidazole rings is 1. The van der Waals surface area contributed by atoms with Crippen LogP contribution in [-0.4, -0.2) is 77.0 Å². The van der Waals surface area contributed by atoms with E-state index in [1.165, 1.54) is 5.52 Å². The second-order valence-electron chi connectivity index (χ2n) is 8.29. The highest BCUT2D eigenvalue weighted by atomic mass is 16.5. The van der Waals surface area contributed by atoms with E-state index < -0.39 is 0 Å². The Morgan fingerprint density at radius 1 is 1.11 bits per heavy atom. The lowest BCUT2D eigenvalue weighted by Gasteiger charge is -2.30. The van der Waals surface area contributed by atoms with Crippen LogP contribution < -0.4 is 0 Å². The van der Waals surface area contributed by atoms with Crippen molar-refractivity contribution >= 4 is 11.0 Å². The minimum Gasteiger partial charge on any atom is -0.396 e. The first-order valence-corrected chi connectivity index (χ1v) is 10.2. The minimum atomic E-state index is 0.270. The van der Waals surface area contributed by atoms with Crippen molar-refractivity contribution in [2.45, 2.75) is 26.4 Å². The number of hydrogen-bond acceptors (Lipinski definition) is 5. The molecule has 0 aliphatic carbocycles. The number of likely N-dealkylation sites (tertiary alicyclic amines) is 1. The summed E-state index contributed by atoms with van der Waals surface area (Å²) in [4.78, 5) is 9.89. The number of rotatable bonds is 6. The lowest BCUT2D eigenvalue weighted by molar-refractivity contribution is 0.0264. The first-order valence-electron chi connectivity index (χ1n) is 10.2. The molecule has 3 heterocycles. The molecule has 148 valence electrons. The first kappa shape index (κ1) is 18.9. The Morgan fingerprint density at radius 2 is 1.85 bits per heavy atom. The molecule has 2 aromatic rings. The van der Waals surface area contributed by atoms with Crippen molar-refractivity contribution in [2.75, 3.05) is 52.5 Å². The molecular weight excluding hydrogens is 340 g/mol. The predicted octanol–water partition coefficient (Wildman–Crippen LogP) is 1.99. The molecule has 6 heteroatoms. The first-order chi connectivity index (χ1) is 13.2. The summed E-state index contributed by atoms with van der Waals surface area (Å²) in [5.74, 6) is 2.00. The maximum Gasteiger partial charge on any atom is 0.124 e. The van der Waals surface area contributed by atoms with Gasteiger partial charge in [-0.2, -0.15) is 0 Å². The van der Waals surface area contributed by atoms with Gasteiger partial charge >= 0.3 is 0 Å². The molecule has 1 aromatic heterocycles. The topological polar surface area (TPSA) is 53.8 Å². The summed E-state index contributed by atoms with van der Waals surface area (Å²) in [6.07, 6.45) is 0. The Morgan fingerprint density at radius 3 is 2.59 bits per heavy atom. The Labute approximate surface area is 161 Å². The van der Waals surface area contributed by atoms with Crippen molar-refractivity contribution in [3.05, 3.63) is 30.1 Å². The van der Waals surface area contributed by atoms with Crippen molar-refractivity contribution in [1.82, 2.24) is 19.4 Å². The third-order valence-electron chi connectivity index (χ3n) is 6.03. The average molecular weight is 373 g/mol. The average Bonchev–Trinajstić information content (AvgIpc) is 3.23. The molecule has 2 fully saturated rings. The maximum atomic E-state index is 9.92. The van der Waals surface area contributed by atoms with Gasteiger partial charge in [-0.3, -0.25) is 9.80 Å². The van der Waals surface area contributed by atoms with Gasteiger partial charge in [0.1, 0.15) is 5.82 Å². The normalized spacial score (nSPS) is 25.0. The molecule has 1 aromatic carbocycles. The Balaban J connectivity index is 1.48. The molecule has 1 N–H and O–H groups in total. The van der Waals surface area contributed by atoms with Gasteiger partial charge in [0.25, 0.3) is 0 Å². The van der Waals surface area contributed by atoms with Crippen LogP contribution in [0.1, 0.15) is 25.7 Å². The Bertz CT molecular complexity index is 754. The predicted molar refractivity (Wildman–Crippen MR) is 107 cm³/mol. The highest BCUT2D eigenvalue weighted by molar-refractivity contribution is 5.76. The quantitative estimate of drug-likeness (QED) is 0.840. The van der Waals surface area contributed by atoms with Gasteiger partial charge in [-0.1, -0.05) is 12.1 Å². The summed E-state index contributed by atoms with van der Waals surface area (Å²) >= 11 is 0. The molecule has 0 amide bonds. The monoisotopic (exact) mass is 372 g/mol. The lowest BCUT2D eigenvalue weighted by atomic mass is 9.96. The third kappa shape index (κ3) is 4.04. The van der Waals surface area contributed by atoms with Crippen LogP contribution in [0.15, 0.2) is 24.3 Å². The van der Waals surface area contributed by atoms with E-state index >= 15 is 0 Å². The zero-order valence-electron chi connectivity index (χ0n) is 16.5. The highest BCUT2D eigenvalue weighted by Crippen LogP contribution is 2.28. The fraction of sp³-hybridized carbons (Fsp3) is 0.667. The SMILES string of the molecule is CC(C)n1c(CN2CC(CO)C(CN3CCOCC3)C2)nc2ccccc21. The van der Waals surface area contributed by atoms with Gasteiger partial charge in [0.2, 0.25) is 0 Å². The van der Waals surface area contributed by atoms with Crippen LogP contribution in [0.2, 0.25) is 0 Å². The van der Waals surface area contributed by atoms with Crippen LogP contribution in [0.3, 0.4) is 0 Å². The van der Waals surface area contributed by atoms with Gasteiger partial charge in [0.15, 0.2) is 0 Å². The van der Waals surface area contributed by atoms with E-state index in [9.17, 15) is 5.11 Å². The second kappa shape index (κ2) is 8.27. The number of para-hydroxylation sites is 2. The van der Waals surface area contributed by atoms with Crippen molar-refractivity contribution in [1.29, 1.82) is 0 Å². The van der Waals surface area contributed by atoms with Crippen LogP contribution in [0, 0.1) is 11.8 Å². The number of fused-ring (bicyclic) bond motifs is 1. The number of aromatic nitrogens is 2. The van der Waals surface area contributed by atoms with E-state index in [4.69, 9.17) is 9.72 Å². The van der Waals surface area contributed by atoms with E-state index in [1.807, 2.05) is 0 Å². The summed E-state index contributed by atoms with van der Waals surface area (Å²) in [6.45, 7) is 12.3. The van der Waals surface area contributed by atoms with Crippen molar-refractivity contribution in [3.63, 3.8) is 0 Å². The molecule has 2 aliphatic rings. The van der Waals surface area contributed by atoms with Crippen molar-refractivity contribution in [3.8, 4) is 0 Å². The highest BCUT2D eigenvalue weighted by Gasteiger charge is 2.34. The van der Waals surface area contributed by atoms with E-state index in [1.54, 1.807) is 0 Å². The van der Waals surface area contributed by atoms with E-state index in [0.29, 0.717) is 17.9 Å². The fourth-order valence-electron chi connectivity index (χ4n) is 4.68. The number of benzene rings is 1. The molecule has 0 saturated carbocycles. The molecule has 2 unspecified atom stereocenters. The van der Waals surface area contributed by atoms with E-state index in [0.717, 1.165) is 63.8 Å². The van der Waals surface area contributed by atoms with Gasteiger partial charge in [-0.05, 0) is 37.8 Å². The zero-order chi connectivity index (χ0) is 18.8. The van der Waals surface area contributed by atoms with Crippen LogP contribution in [0.5, 0.6) is 0 Å². The molecule has 2 atom stereocenters. The molecule has 0 radical (unpaired) electrons. The van der Waals surface area contributed by atoms with Gasteiger partial charge in [0.05, 0.1) is 30.8 Å². The summed E-state index contributed by atoms with van der Waals surface area (Å²) in [5.41, 5.74) is 2.29. The van der Waals surface area contributed by atoms with Crippen molar-refractivity contribution < 1.29 is 9.84 Å². The number of morpholine rings is 1. The largest absolute Gasteiger partial charge is 0.396 e. The second-order valence-corrected chi connectivity index (χ2v) is 8.29. The molecule has 0 spiro atoms. The molecule has 4 rings (SSSR count). The zero-order valence-corrected chi connectivity index (χ0v) is 16.5. The number of aliphatic hydroxyl groups excluding tert-OH is 1. The summed E-state index contributed by atoms with van der Waals surface area (Å²) in [7, 11) is 0. The fourth-order valence-corrected chi connectivity index (χ4v) is 4.68. The molecule has 6 nitrogen and oxygen atoms in total. The van der Waals surface area contributed by atoms with E-state index in [2.05, 4.69) is 52.5 Å². The summed E-state index contributed by atoms with van der Waals surface area (Å²) in [6, 6.07) is 8.78. The minimum absolute atomic E-state index is 0.270. The lowest BCUT2D eigenvalue weighted by Crippen LogP contribution is -2.41. The summed E-state index contributed by atoms with van der Waals surface area (Å²) < 4.78 is 7.83. The molecule has 2 aliphatic heterocycles. The van der Waals surface area contributed by atoms with Crippen molar-refractivity contribution in [2.24, 2.45) is 11.8 Å². The van der Waals surface area contributed by atoms with Gasteiger partial charge in [-0.15, -0.1) is 0 Å². The van der Waals surface area contributed by atoms with Crippen LogP contribution in [0.25, 0.3) is 11.0 Å². The van der Waals surface area contributed by atoms with Crippen LogP contribution in [0.4, 0.5) is 0 Å². The van der Waals surface area contributed by atoms with Gasteiger partial charge < -0.3 is 14.4 Å².